The van der Waals surface area contributed by atoms with Gasteiger partial charge in [0.25, 0.3) is 0 Å². The summed E-state index contributed by atoms with van der Waals surface area (Å²) in [5.41, 5.74) is -3.61. The normalized spacial score (nSPS) is 27.6. The Kier molecular flexibility index (Phi) is 10.6. The molecule has 1 aromatic carbocycles. The highest BCUT2D eigenvalue weighted by atomic mass is 19.4. The van der Waals surface area contributed by atoms with Crippen LogP contribution in [-0.4, -0.2) is 75.1 Å². The molecular weight excluding hydrogens is 617 g/mol. The third kappa shape index (κ3) is 7.24. The second-order valence-electron chi connectivity index (χ2n) is 13.0. The summed E-state index contributed by atoms with van der Waals surface area (Å²) < 4.78 is 141. The minimum absolute atomic E-state index is 0.0661. The van der Waals surface area contributed by atoms with E-state index < -0.39 is 37.3 Å². The van der Waals surface area contributed by atoms with Crippen molar-refractivity contribution in [2.45, 2.75) is 108 Å². The maximum absolute atomic E-state index is 13.1. The van der Waals surface area contributed by atoms with Crippen molar-refractivity contribution >= 4 is 0 Å². The van der Waals surface area contributed by atoms with E-state index in [0.29, 0.717) is 31.3 Å². The Balaban J connectivity index is 1.27. The molecule has 3 aliphatic rings. The van der Waals surface area contributed by atoms with Crippen molar-refractivity contribution in [3.63, 3.8) is 0 Å². The van der Waals surface area contributed by atoms with Crippen molar-refractivity contribution in [3.8, 4) is 5.75 Å². The third-order valence-corrected chi connectivity index (χ3v) is 10.3. The molecule has 2 saturated carbocycles. The van der Waals surface area contributed by atoms with Gasteiger partial charge < -0.3 is 19.1 Å². The van der Waals surface area contributed by atoms with Gasteiger partial charge in [0.15, 0.2) is 0 Å². The lowest BCUT2D eigenvalue weighted by molar-refractivity contribution is -0.457. The number of benzene rings is 1. The first-order valence-corrected chi connectivity index (χ1v) is 15.7. The number of ether oxygens (including phenoxy) is 3. The van der Waals surface area contributed by atoms with Gasteiger partial charge in [-0.3, -0.25) is 0 Å². The molecule has 0 amide bonds. The second kappa shape index (κ2) is 13.8. The average molecular weight is 663 g/mol. The van der Waals surface area contributed by atoms with E-state index in [4.69, 9.17) is 10.8 Å². The Labute approximate surface area is 260 Å². The van der Waals surface area contributed by atoms with Crippen molar-refractivity contribution in [1.29, 1.82) is 0 Å². The first kappa shape index (κ1) is 34.6. The molecule has 2 fully saturated rings. The predicted octanol–water partition coefficient (Wildman–Crippen LogP) is 8.87. The number of hydrogen-bond acceptors (Lipinski definition) is 4. The fourth-order valence-electron chi connectivity index (χ4n) is 7.89. The summed E-state index contributed by atoms with van der Waals surface area (Å²) in [7, 11) is 1.38. The van der Waals surface area contributed by atoms with E-state index >= 15 is 0 Å². The van der Waals surface area contributed by atoms with Crippen molar-refractivity contribution in [2.24, 2.45) is 17.3 Å². The molecule has 258 valence electrons. The highest BCUT2D eigenvalue weighted by Gasteiger charge is 2.85. The Morgan fingerprint density at radius 3 is 2.24 bits per heavy atom. The quantitative estimate of drug-likeness (QED) is 0.156. The smallest absolute Gasteiger partial charge is 0.435 e. The minimum Gasteiger partial charge on any atom is -0.494 e. The summed E-state index contributed by atoms with van der Waals surface area (Å²) in [5.74, 6) is 2.29. The van der Waals surface area contributed by atoms with E-state index in [1.165, 1.54) is 23.1 Å². The summed E-state index contributed by atoms with van der Waals surface area (Å²) >= 11 is 0. The van der Waals surface area contributed by atoms with Gasteiger partial charge in [-0.25, -0.2) is 0 Å². The van der Waals surface area contributed by atoms with Gasteiger partial charge in [0.2, 0.25) is 0 Å². The van der Waals surface area contributed by atoms with Gasteiger partial charge in [-0.15, -0.1) is 0 Å². The lowest BCUT2D eigenvalue weighted by Gasteiger charge is -2.50. The zero-order valence-electron chi connectivity index (χ0n) is 26.7. The lowest BCUT2D eigenvalue weighted by Crippen LogP contribution is -2.68. The molecule has 0 spiro atoms. The van der Waals surface area contributed by atoms with E-state index in [0.717, 1.165) is 63.5 Å². The zero-order chi connectivity index (χ0) is 34.0. The number of nitrogens with zero attached hydrogens (tertiary/aromatic N) is 1. The van der Waals surface area contributed by atoms with E-state index in [-0.39, 0.29) is 24.7 Å². The summed E-state index contributed by atoms with van der Waals surface area (Å²) in [5, 5.41) is 0. The zero-order valence-corrected chi connectivity index (χ0v) is 25.7. The molecule has 0 aromatic heterocycles. The van der Waals surface area contributed by atoms with Crippen molar-refractivity contribution in [2.75, 3.05) is 40.0 Å². The Morgan fingerprint density at radius 1 is 0.889 bits per heavy atom. The van der Waals surface area contributed by atoms with Crippen LogP contribution in [0.2, 0.25) is 0 Å². The van der Waals surface area contributed by atoms with Crippen LogP contribution in [0.4, 0.5) is 39.5 Å². The van der Waals surface area contributed by atoms with Crippen LogP contribution in [0.25, 0.3) is 0 Å². The topological polar surface area (TPSA) is 30.9 Å². The second-order valence-corrected chi connectivity index (χ2v) is 13.0. The number of fused-ring (bicyclic) bond motifs is 5. The number of halogens is 9. The molecule has 0 radical (unpaired) electrons. The van der Waals surface area contributed by atoms with Crippen LogP contribution in [0, 0.1) is 17.3 Å². The molecule has 45 heavy (non-hydrogen) atoms. The SMILES string of the molecule is [2H]CCCCCOc1ccc2c(c1)CCC1C2CC[C@@]2(C)C1CC[C@@H]2OCCN(C)CCOC(C(F)(F)F)(C(F)(F)F)C(F)(F)F. The van der Waals surface area contributed by atoms with Gasteiger partial charge in [0.05, 0.1) is 25.9 Å². The maximum Gasteiger partial charge on any atom is 0.435 e. The van der Waals surface area contributed by atoms with Crippen LogP contribution in [0.1, 0.15) is 83.6 Å². The van der Waals surface area contributed by atoms with Gasteiger partial charge in [0.1, 0.15) is 5.75 Å². The van der Waals surface area contributed by atoms with Crippen LogP contribution >= 0.6 is 0 Å². The predicted molar refractivity (Wildman–Crippen MR) is 150 cm³/mol. The summed E-state index contributed by atoms with van der Waals surface area (Å²) in [6.07, 6.45) is -11.7. The van der Waals surface area contributed by atoms with Gasteiger partial charge >= 0.3 is 24.1 Å². The Hall–Kier alpha value is -1.73. The first-order chi connectivity index (χ1) is 21.5. The highest BCUT2D eigenvalue weighted by molar-refractivity contribution is 5.40. The summed E-state index contributed by atoms with van der Waals surface area (Å²) in [6, 6.07) is 6.43. The van der Waals surface area contributed by atoms with Crippen molar-refractivity contribution in [3.05, 3.63) is 29.3 Å². The minimum atomic E-state index is -6.74. The molecule has 4 rings (SSSR count). The van der Waals surface area contributed by atoms with Crippen molar-refractivity contribution < 1.29 is 55.1 Å². The van der Waals surface area contributed by atoms with Crippen molar-refractivity contribution in [1.82, 2.24) is 4.90 Å². The van der Waals surface area contributed by atoms with E-state index in [2.05, 4.69) is 29.9 Å². The molecule has 0 bridgehead atoms. The number of unbranched alkanes of at least 4 members (excludes halogenated alkanes) is 2. The average Bonchev–Trinajstić information content (AvgIpc) is 3.29. The molecule has 13 heteroatoms. The van der Waals surface area contributed by atoms with Gasteiger partial charge in [-0.2, -0.15) is 39.5 Å². The molecule has 3 unspecified atom stereocenters. The molecule has 0 saturated heterocycles. The van der Waals surface area contributed by atoms with E-state index in [9.17, 15) is 39.5 Å². The Morgan fingerprint density at radius 2 is 1.58 bits per heavy atom. The highest BCUT2D eigenvalue weighted by Crippen LogP contribution is 2.61. The molecular formula is C32H44F9NO3. The number of likely N-dealkylation sites (N-methyl/N-ethyl adjacent to an activating group) is 1. The number of hydrogen-bond donors (Lipinski definition) is 0. The van der Waals surface area contributed by atoms with E-state index in [1.807, 2.05) is 0 Å². The molecule has 1 aromatic rings. The van der Waals surface area contributed by atoms with Gasteiger partial charge in [0, 0.05) is 14.5 Å². The molecule has 0 N–H and O–H groups in total. The summed E-state index contributed by atoms with van der Waals surface area (Å²) in [4.78, 5) is 1.30. The van der Waals surface area contributed by atoms with Gasteiger partial charge in [-0.1, -0.05) is 32.7 Å². The fraction of sp³-hybridized carbons (Fsp3) is 0.812. The number of alkyl halides is 9. The number of aryl methyl sites for hydroxylation is 1. The molecule has 0 aliphatic heterocycles. The van der Waals surface area contributed by atoms with Crippen LogP contribution < -0.4 is 4.74 Å². The van der Waals surface area contributed by atoms with Gasteiger partial charge in [-0.05, 0) is 98.4 Å². The largest absolute Gasteiger partial charge is 0.494 e. The standard InChI is InChI=1S/C32H44F9NO3/c1-4-5-6-17-43-22-8-10-23-21(20-22)7-9-25-24(23)13-14-28(2)26(25)11-12-27(28)44-18-15-42(3)16-19-45-29(30(33,34)35,31(36,37)38)32(39,40)41/h8,10,20,24-27H,4-7,9,11-19H2,1-3H3/t24?,25?,26?,27-,28-/m0/s1/i1D. The molecule has 0 heterocycles. The Bertz CT molecular complexity index is 1110. The molecule has 3 aliphatic carbocycles. The number of rotatable bonds is 13. The monoisotopic (exact) mass is 662 g/mol. The maximum atomic E-state index is 13.1. The fourth-order valence-corrected chi connectivity index (χ4v) is 7.89. The van der Waals surface area contributed by atoms with Crippen LogP contribution in [0.15, 0.2) is 18.2 Å². The van der Waals surface area contributed by atoms with Crippen LogP contribution in [-0.2, 0) is 15.9 Å². The first-order valence-electron chi connectivity index (χ1n) is 16.4. The molecule has 4 nitrogen and oxygen atoms in total. The molecule has 5 atom stereocenters. The lowest BCUT2D eigenvalue weighted by atomic mass is 9.55. The van der Waals surface area contributed by atoms with E-state index in [1.54, 1.807) is 0 Å². The van der Waals surface area contributed by atoms with Crippen LogP contribution in [0.5, 0.6) is 5.75 Å². The summed E-state index contributed by atoms with van der Waals surface area (Å²) in [6.45, 7) is 1.54. The third-order valence-electron chi connectivity index (χ3n) is 10.3. The van der Waals surface area contributed by atoms with Crippen LogP contribution in [0.3, 0.4) is 0 Å².